The van der Waals surface area contributed by atoms with Crippen LogP contribution < -0.4 is 5.32 Å². The van der Waals surface area contributed by atoms with Crippen molar-refractivity contribution in [3.63, 3.8) is 0 Å². The molecule has 1 aliphatic heterocycles. The van der Waals surface area contributed by atoms with Crippen molar-refractivity contribution in [1.82, 2.24) is 25.1 Å². The van der Waals surface area contributed by atoms with Crippen molar-refractivity contribution < 1.29 is 9.21 Å². The van der Waals surface area contributed by atoms with E-state index in [0.29, 0.717) is 24.2 Å². The lowest BCUT2D eigenvalue weighted by atomic mass is 10.2. The van der Waals surface area contributed by atoms with Crippen LogP contribution in [0.1, 0.15) is 34.9 Å². The van der Waals surface area contributed by atoms with Crippen LogP contribution in [0.25, 0.3) is 0 Å². The molecule has 0 bridgehead atoms. The van der Waals surface area contributed by atoms with Crippen molar-refractivity contribution in [1.29, 1.82) is 0 Å². The molecule has 1 amide bonds. The highest BCUT2D eigenvalue weighted by Crippen LogP contribution is 2.19. The summed E-state index contributed by atoms with van der Waals surface area (Å²) in [5, 5.41) is 3.35. The van der Waals surface area contributed by atoms with E-state index in [4.69, 9.17) is 4.42 Å². The molecule has 1 N–H and O–H groups in total. The Morgan fingerprint density at radius 1 is 1.23 bits per heavy atom. The predicted octanol–water partition coefficient (Wildman–Crippen LogP) is 1.32. The summed E-state index contributed by atoms with van der Waals surface area (Å²) in [6, 6.07) is 6.61. The first-order valence-electron chi connectivity index (χ1n) is 9.37. The van der Waals surface area contributed by atoms with E-state index in [0.717, 1.165) is 44.8 Å². The molecule has 2 fully saturated rings. The third-order valence-electron chi connectivity index (χ3n) is 4.96. The minimum atomic E-state index is -0.0317. The van der Waals surface area contributed by atoms with Crippen LogP contribution in [0.5, 0.6) is 0 Å². The highest BCUT2D eigenvalue weighted by Gasteiger charge is 2.25. The van der Waals surface area contributed by atoms with Gasteiger partial charge in [-0.05, 0) is 25.0 Å². The molecule has 2 aromatic rings. The maximum absolute atomic E-state index is 12.6. The topological polar surface area (TPSA) is 74.5 Å². The molecule has 1 saturated carbocycles. The molecule has 0 spiro atoms. The molecule has 0 atom stereocenters. The Balaban J connectivity index is 1.22. The summed E-state index contributed by atoms with van der Waals surface area (Å²) in [7, 11) is 0. The van der Waals surface area contributed by atoms with Crippen molar-refractivity contribution in [3.8, 4) is 0 Å². The smallest absolute Gasteiger partial charge is 0.275 e. The fourth-order valence-electron chi connectivity index (χ4n) is 3.16. The molecule has 7 heteroatoms. The van der Waals surface area contributed by atoms with Gasteiger partial charge in [-0.3, -0.25) is 14.7 Å². The van der Waals surface area contributed by atoms with Gasteiger partial charge in [-0.25, -0.2) is 4.98 Å². The average Bonchev–Trinajstić information content (AvgIpc) is 3.41. The largest absolute Gasteiger partial charge is 0.447 e. The molecule has 7 nitrogen and oxygen atoms in total. The molecule has 26 heavy (non-hydrogen) atoms. The summed E-state index contributed by atoms with van der Waals surface area (Å²) >= 11 is 0. The third-order valence-corrected chi connectivity index (χ3v) is 4.96. The fourth-order valence-corrected chi connectivity index (χ4v) is 3.16. The number of pyridine rings is 1. The number of amides is 1. The van der Waals surface area contributed by atoms with Crippen LogP contribution >= 0.6 is 0 Å². The number of piperazine rings is 1. The lowest BCUT2D eigenvalue weighted by molar-refractivity contribution is 0.0632. The van der Waals surface area contributed by atoms with E-state index >= 15 is 0 Å². The SMILES string of the molecule is O=C(c1coc(CNC2CC2)n1)N1CCN(CCc2ccccn2)CC1. The summed E-state index contributed by atoms with van der Waals surface area (Å²) in [6.45, 7) is 4.78. The van der Waals surface area contributed by atoms with Gasteiger partial charge in [-0.1, -0.05) is 6.07 Å². The maximum Gasteiger partial charge on any atom is 0.275 e. The monoisotopic (exact) mass is 355 g/mol. The first-order valence-corrected chi connectivity index (χ1v) is 9.37. The van der Waals surface area contributed by atoms with E-state index < -0.39 is 0 Å². The Bertz CT molecular complexity index is 721. The Labute approximate surface area is 153 Å². The number of oxazole rings is 1. The summed E-state index contributed by atoms with van der Waals surface area (Å²) in [5.41, 5.74) is 1.53. The summed E-state index contributed by atoms with van der Waals surface area (Å²) < 4.78 is 5.42. The molecular weight excluding hydrogens is 330 g/mol. The molecule has 0 radical (unpaired) electrons. The van der Waals surface area contributed by atoms with E-state index in [1.54, 1.807) is 0 Å². The molecule has 1 aliphatic carbocycles. The number of nitrogens with one attached hydrogen (secondary N) is 1. The lowest BCUT2D eigenvalue weighted by Gasteiger charge is -2.34. The Morgan fingerprint density at radius 3 is 2.81 bits per heavy atom. The van der Waals surface area contributed by atoms with Gasteiger partial charge in [0, 0.05) is 57.1 Å². The minimum absolute atomic E-state index is 0.0317. The third kappa shape index (κ3) is 4.47. The predicted molar refractivity (Wildman–Crippen MR) is 96.6 cm³/mol. The highest BCUT2D eigenvalue weighted by atomic mass is 16.3. The second kappa shape index (κ2) is 7.97. The molecule has 4 rings (SSSR count). The first-order chi connectivity index (χ1) is 12.8. The lowest BCUT2D eigenvalue weighted by Crippen LogP contribution is -2.49. The van der Waals surface area contributed by atoms with Gasteiger partial charge in [0.1, 0.15) is 6.26 Å². The Kier molecular flexibility index (Phi) is 5.26. The van der Waals surface area contributed by atoms with Gasteiger partial charge in [-0.2, -0.15) is 0 Å². The molecule has 1 saturated heterocycles. The molecule has 2 aliphatic rings. The van der Waals surface area contributed by atoms with E-state index in [9.17, 15) is 4.79 Å². The van der Waals surface area contributed by atoms with Crippen molar-refractivity contribution in [3.05, 3.63) is 47.9 Å². The highest BCUT2D eigenvalue weighted by molar-refractivity contribution is 5.92. The summed E-state index contributed by atoms with van der Waals surface area (Å²) in [6.07, 6.45) is 6.70. The van der Waals surface area contributed by atoms with Gasteiger partial charge < -0.3 is 14.6 Å². The quantitative estimate of drug-likeness (QED) is 0.807. The fraction of sp³-hybridized carbons (Fsp3) is 0.526. The minimum Gasteiger partial charge on any atom is -0.447 e. The average molecular weight is 355 g/mol. The molecule has 3 heterocycles. The van der Waals surface area contributed by atoms with Gasteiger partial charge in [0.15, 0.2) is 5.69 Å². The van der Waals surface area contributed by atoms with Crippen molar-refractivity contribution in [2.75, 3.05) is 32.7 Å². The van der Waals surface area contributed by atoms with E-state index in [-0.39, 0.29) is 5.91 Å². The molecular formula is C19H25N5O2. The number of hydrogen-bond donors (Lipinski definition) is 1. The zero-order valence-corrected chi connectivity index (χ0v) is 14.9. The van der Waals surface area contributed by atoms with E-state index in [1.807, 2.05) is 23.2 Å². The summed E-state index contributed by atoms with van der Waals surface area (Å²) in [4.78, 5) is 25.6. The van der Waals surface area contributed by atoms with Crippen LogP contribution in [-0.2, 0) is 13.0 Å². The molecule has 138 valence electrons. The maximum atomic E-state index is 12.6. The number of hydrogen-bond acceptors (Lipinski definition) is 6. The second-order valence-corrected chi connectivity index (χ2v) is 6.99. The van der Waals surface area contributed by atoms with E-state index in [1.165, 1.54) is 19.1 Å². The van der Waals surface area contributed by atoms with Gasteiger partial charge in [0.05, 0.1) is 6.54 Å². The second-order valence-electron chi connectivity index (χ2n) is 6.99. The number of nitrogens with zero attached hydrogens (tertiary/aromatic N) is 4. The van der Waals surface area contributed by atoms with Crippen LogP contribution in [0.15, 0.2) is 35.1 Å². The van der Waals surface area contributed by atoms with Crippen LogP contribution in [0.3, 0.4) is 0 Å². The molecule has 0 unspecified atom stereocenters. The van der Waals surface area contributed by atoms with Crippen LogP contribution in [0.2, 0.25) is 0 Å². The summed E-state index contributed by atoms with van der Waals surface area (Å²) in [5.74, 6) is 0.560. The zero-order valence-electron chi connectivity index (χ0n) is 14.9. The standard InChI is InChI=1S/C19H25N5O2/c25-19(17-14-26-18(22-17)13-21-16-4-5-16)24-11-9-23(10-12-24)8-6-15-3-1-2-7-20-15/h1-3,7,14,16,21H,4-6,8-13H2. The number of carbonyl (C=O) groups excluding carboxylic acids is 1. The van der Waals surface area contributed by atoms with Gasteiger partial charge in [0.2, 0.25) is 5.89 Å². The van der Waals surface area contributed by atoms with Crippen molar-refractivity contribution in [2.45, 2.75) is 31.8 Å². The van der Waals surface area contributed by atoms with Gasteiger partial charge >= 0.3 is 0 Å². The number of aromatic nitrogens is 2. The number of rotatable bonds is 7. The van der Waals surface area contributed by atoms with Crippen LogP contribution in [0, 0.1) is 0 Å². The van der Waals surface area contributed by atoms with Crippen molar-refractivity contribution >= 4 is 5.91 Å². The van der Waals surface area contributed by atoms with Crippen LogP contribution in [-0.4, -0.2) is 64.4 Å². The Morgan fingerprint density at radius 2 is 2.08 bits per heavy atom. The van der Waals surface area contributed by atoms with Gasteiger partial charge in [-0.15, -0.1) is 0 Å². The van der Waals surface area contributed by atoms with Gasteiger partial charge in [0.25, 0.3) is 5.91 Å². The van der Waals surface area contributed by atoms with E-state index in [2.05, 4.69) is 26.3 Å². The first kappa shape index (κ1) is 17.2. The normalized spacial score (nSPS) is 18.2. The molecule has 2 aromatic heterocycles. The van der Waals surface area contributed by atoms with Crippen molar-refractivity contribution in [2.24, 2.45) is 0 Å². The van der Waals surface area contributed by atoms with Crippen LogP contribution in [0.4, 0.5) is 0 Å². The number of carbonyl (C=O) groups is 1. The zero-order chi connectivity index (χ0) is 17.8. The molecule has 0 aromatic carbocycles. The Hall–Kier alpha value is -2.25.